The van der Waals surface area contributed by atoms with Crippen molar-refractivity contribution in [2.24, 2.45) is 5.41 Å². The van der Waals surface area contributed by atoms with Gasteiger partial charge in [0, 0.05) is 0 Å². The van der Waals surface area contributed by atoms with Gasteiger partial charge in [0.1, 0.15) is 0 Å². The maximum Gasteiger partial charge on any atom is 0.0690 e. The molecule has 0 aliphatic heterocycles. The molecule has 0 aromatic heterocycles. The molecule has 0 N–H and O–H groups in total. The number of rotatable bonds is 4. The van der Waals surface area contributed by atoms with Gasteiger partial charge in [0.15, 0.2) is 0 Å². The first-order valence-corrected chi connectivity index (χ1v) is 4.16. The molecule has 1 unspecified atom stereocenters. The van der Waals surface area contributed by atoms with Crippen molar-refractivity contribution in [1.29, 1.82) is 5.26 Å². The Morgan fingerprint density at radius 1 is 1.55 bits per heavy atom. The van der Waals surface area contributed by atoms with E-state index in [2.05, 4.69) is 19.6 Å². The van der Waals surface area contributed by atoms with Gasteiger partial charge in [-0.05, 0) is 26.2 Å². The van der Waals surface area contributed by atoms with E-state index in [4.69, 9.17) is 5.26 Å². The van der Waals surface area contributed by atoms with Crippen LogP contribution in [0.25, 0.3) is 0 Å². The standard InChI is InChI=1S/C10H17N/c1-5-9(3)7-10(4,6-2)8-11/h3,5-7H2,1-2,4H3. The molecule has 11 heavy (non-hydrogen) atoms. The molecule has 0 aliphatic rings. The van der Waals surface area contributed by atoms with E-state index in [0.29, 0.717) is 0 Å². The van der Waals surface area contributed by atoms with Crippen molar-refractivity contribution >= 4 is 0 Å². The van der Waals surface area contributed by atoms with Gasteiger partial charge in [-0.25, -0.2) is 0 Å². The number of hydrogen-bond acceptors (Lipinski definition) is 1. The number of allylic oxidation sites excluding steroid dienone is 1. The minimum Gasteiger partial charge on any atom is -0.198 e. The molecule has 0 heterocycles. The third kappa shape index (κ3) is 3.23. The molecule has 1 atom stereocenters. The molecule has 0 rings (SSSR count). The molecule has 0 aliphatic carbocycles. The molecule has 0 spiro atoms. The van der Waals surface area contributed by atoms with Crippen molar-refractivity contribution in [3.63, 3.8) is 0 Å². The third-order valence-electron chi connectivity index (χ3n) is 2.19. The lowest BCUT2D eigenvalue weighted by molar-refractivity contribution is 0.418. The van der Waals surface area contributed by atoms with Gasteiger partial charge in [0.05, 0.1) is 11.5 Å². The molecular weight excluding hydrogens is 134 g/mol. The second-order valence-corrected chi connectivity index (χ2v) is 3.31. The Morgan fingerprint density at radius 3 is 2.36 bits per heavy atom. The summed E-state index contributed by atoms with van der Waals surface area (Å²) in [6, 6.07) is 2.33. The fourth-order valence-electron chi connectivity index (χ4n) is 0.920. The zero-order valence-electron chi connectivity index (χ0n) is 7.78. The van der Waals surface area contributed by atoms with Gasteiger partial charge in [0.25, 0.3) is 0 Å². The Kier molecular flexibility index (Phi) is 3.89. The average Bonchev–Trinajstić information content (AvgIpc) is 2.04. The molecule has 62 valence electrons. The predicted octanol–water partition coefficient (Wildman–Crippen LogP) is 3.28. The molecule has 0 amide bonds. The topological polar surface area (TPSA) is 23.8 Å². The summed E-state index contributed by atoms with van der Waals surface area (Å²) >= 11 is 0. The summed E-state index contributed by atoms with van der Waals surface area (Å²) in [5, 5.41) is 8.84. The molecule has 0 saturated carbocycles. The lowest BCUT2D eigenvalue weighted by Crippen LogP contribution is -2.12. The summed E-state index contributed by atoms with van der Waals surface area (Å²) in [4.78, 5) is 0. The summed E-state index contributed by atoms with van der Waals surface area (Å²) in [7, 11) is 0. The van der Waals surface area contributed by atoms with Gasteiger partial charge in [-0.15, -0.1) is 0 Å². The molecule has 0 aromatic rings. The SMILES string of the molecule is C=C(CC)CC(C)(C#N)CC. The van der Waals surface area contributed by atoms with Gasteiger partial charge in [-0.2, -0.15) is 5.26 Å². The molecule has 1 heteroatoms. The van der Waals surface area contributed by atoms with Crippen LogP contribution in [-0.4, -0.2) is 0 Å². The van der Waals surface area contributed by atoms with Crippen LogP contribution in [0, 0.1) is 16.7 Å². The van der Waals surface area contributed by atoms with Gasteiger partial charge in [-0.3, -0.25) is 0 Å². The highest BCUT2D eigenvalue weighted by molar-refractivity contribution is 5.06. The third-order valence-corrected chi connectivity index (χ3v) is 2.19. The molecule has 0 bridgehead atoms. The molecule has 0 fully saturated rings. The van der Waals surface area contributed by atoms with E-state index in [0.717, 1.165) is 19.3 Å². The Morgan fingerprint density at radius 2 is 2.09 bits per heavy atom. The van der Waals surface area contributed by atoms with Crippen molar-refractivity contribution in [1.82, 2.24) is 0 Å². The van der Waals surface area contributed by atoms with Crippen LogP contribution < -0.4 is 0 Å². The van der Waals surface area contributed by atoms with E-state index in [-0.39, 0.29) is 5.41 Å². The minimum absolute atomic E-state index is 0.187. The first kappa shape index (κ1) is 10.2. The smallest absolute Gasteiger partial charge is 0.0690 e. The van der Waals surface area contributed by atoms with Crippen LogP contribution in [0.3, 0.4) is 0 Å². The zero-order chi connectivity index (χ0) is 8.91. The first-order chi connectivity index (χ1) is 5.08. The van der Waals surface area contributed by atoms with Gasteiger partial charge in [0.2, 0.25) is 0 Å². The Bertz CT molecular complexity index is 176. The summed E-state index contributed by atoms with van der Waals surface area (Å²) in [5.74, 6) is 0. The average molecular weight is 151 g/mol. The van der Waals surface area contributed by atoms with Crippen LogP contribution in [0.1, 0.15) is 40.0 Å². The van der Waals surface area contributed by atoms with Crippen LogP contribution in [0.2, 0.25) is 0 Å². The fraction of sp³-hybridized carbons (Fsp3) is 0.700. The largest absolute Gasteiger partial charge is 0.198 e. The summed E-state index contributed by atoms with van der Waals surface area (Å²) in [6.07, 6.45) is 2.73. The lowest BCUT2D eigenvalue weighted by atomic mass is 9.82. The normalized spacial score (nSPS) is 15.1. The van der Waals surface area contributed by atoms with Crippen LogP contribution in [-0.2, 0) is 0 Å². The van der Waals surface area contributed by atoms with E-state index in [9.17, 15) is 0 Å². The lowest BCUT2D eigenvalue weighted by Gasteiger charge is -2.19. The first-order valence-electron chi connectivity index (χ1n) is 4.16. The second-order valence-electron chi connectivity index (χ2n) is 3.31. The van der Waals surface area contributed by atoms with Crippen LogP contribution >= 0.6 is 0 Å². The summed E-state index contributed by atoms with van der Waals surface area (Å²) in [5.41, 5.74) is 0.989. The van der Waals surface area contributed by atoms with Gasteiger partial charge >= 0.3 is 0 Å². The molecule has 0 saturated heterocycles. The van der Waals surface area contributed by atoms with Crippen LogP contribution in [0.4, 0.5) is 0 Å². The maximum atomic E-state index is 8.84. The summed E-state index contributed by atoms with van der Waals surface area (Å²) in [6.45, 7) is 10.0. The maximum absolute atomic E-state index is 8.84. The van der Waals surface area contributed by atoms with Crippen LogP contribution in [0.5, 0.6) is 0 Å². The van der Waals surface area contributed by atoms with E-state index >= 15 is 0 Å². The van der Waals surface area contributed by atoms with Gasteiger partial charge < -0.3 is 0 Å². The predicted molar refractivity (Wildman–Crippen MR) is 48.1 cm³/mol. The monoisotopic (exact) mass is 151 g/mol. The minimum atomic E-state index is -0.187. The highest BCUT2D eigenvalue weighted by Crippen LogP contribution is 2.28. The quantitative estimate of drug-likeness (QED) is 0.566. The van der Waals surface area contributed by atoms with Crippen molar-refractivity contribution < 1.29 is 0 Å². The Balaban J connectivity index is 4.11. The van der Waals surface area contributed by atoms with Crippen molar-refractivity contribution in [3.05, 3.63) is 12.2 Å². The van der Waals surface area contributed by atoms with E-state index < -0.39 is 0 Å². The number of nitriles is 1. The molecule has 0 radical (unpaired) electrons. The van der Waals surface area contributed by atoms with E-state index in [1.54, 1.807) is 0 Å². The molecular formula is C10H17N. The summed E-state index contributed by atoms with van der Waals surface area (Å²) < 4.78 is 0. The van der Waals surface area contributed by atoms with Crippen molar-refractivity contribution in [2.75, 3.05) is 0 Å². The highest BCUT2D eigenvalue weighted by atomic mass is 14.3. The highest BCUT2D eigenvalue weighted by Gasteiger charge is 2.21. The zero-order valence-corrected chi connectivity index (χ0v) is 7.78. The molecule has 0 aromatic carbocycles. The number of nitrogens with zero attached hydrogens (tertiary/aromatic N) is 1. The van der Waals surface area contributed by atoms with Crippen molar-refractivity contribution in [2.45, 2.75) is 40.0 Å². The fourth-order valence-corrected chi connectivity index (χ4v) is 0.920. The van der Waals surface area contributed by atoms with Gasteiger partial charge in [-0.1, -0.05) is 26.0 Å². The second kappa shape index (κ2) is 4.18. The Labute approximate surface area is 69.7 Å². The van der Waals surface area contributed by atoms with Crippen LogP contribution in [0.15, 0.2) is 12.2 Å². The molecule has 1 nitrogen and oxygen atoms in total. The van der Waals surface area contributed by atoms with Crippen molar-refractivity contribution in [3.8, 4) is 6.07 Å². The van der Waals surface area contributed by atoms with E-state index in [1.165, 1.54) is 5.57 Å². The Hall–Kier alpha value is -0.770. The number of hydrogen-bond donors (Lipinski definition) is 0. The van der Waals surface area contributed by atoms with E-state index in [1.807, 2.05) is 13.8 Å².